The molecule has 0 saturated carbocycles. The van der Waals surface area contributed by atoms with Crippen molar-refractivity contribution in [3.63, 3.8) is 0 Å². The summed E-state index contributed by atoms with van der Waals surface area (Å²) in [5, 5.41) is 6.15. The molecule has 1 saturated heterocycles. The van der Waals surface area contributed by atoms with Crippen molar-refractivity contribution in [3.8, 4) is 0 Å². The minimum absolute atomic E-state index is 0.161. The van der Waals surface area contributed by atoms with Crippen molar-refractivity contribution in [2.45, 2.75) is 13.0 Å². The van der Waals surface area contributed by atoms with Gasteiger partial charge in [0.15, 0.2) is 0 Å². The molecule has 82 valence electrons. The number of nitrogens with one attached hydrogen (secondary N) is 2. The lowest BCUT2D eigenvalue weighted by molar-refractivity contribution is -0.124. The summed E-state index contributed by atoms with van der Waals surface area (Å²) in [6, 6.07) is 4.03. The Morgan fingerprint density at radius 2 is 2.53 bits per heavy atom. The minimum Gasteiger partial charge on any atom is -0.351 e. The van der Waals surface area contributed by atoms with E-state index >= 15 is 0 Å². The number of carbonyl (C=O) groups excluding carboxylic acids is 1. The predicted molar refractivity (Wildman–Crippen MR) is 64.8 cm³/mol. The summed E-state index contributed by atoms with van der Waals surface area (Å²) in [4.78, 5) is 12.8. The molecule has 0 spiro atoms. The van der Waals surface area contributed by atoms with Gasteiger partial charge in [0.1, 0.15) is 0 Å². The molecule has 1 fully saturated rings. The third kappa shape index (κ3) is 3.03. The Morgan fingerprint density at radius 1 is 1.67 bits per heavy atom. The summed E-state index contributed by atoms with van der Waals surface area (Å²) in [6.07, 6.45) is 0.958. The lowest BCUT2D eigenvalue weighted by Crippen LogP contribution is -2.31. The summed E-state index contributed by atoms with van der Waals surface area (Å²) >= 11 is 5.06. The fourth-order valence-electron chi connectivity index (χ4n) is 1.64. The standard InChI is InChI=1S/C10H13BrN2OS/c11-9-2-1-8(15-9)6-13-10(14)7-3-4-12-5-7/h1-2,7,12H,3-6H2,(H,13,14)/t7-/m1/s1. The number of halogens is 1. The van der Waals surface area contributed by atoms with Crippen LogP contribution in [-0.2, 0) is 11.3 Å². The molecule has 15 heavy (non-hydrogen) atoms. The lowest BCUT2D eigenvalue weighted by atomic mass is 10.1. The van der Waals surface area contributed by atoms with Crippen LogP contribution in [0.15, 0.2) is 15.9 Å². The van der Waals surface area contributed by atoms with Crippen LogP contribution in [0.5, 0.6) is 0 Å². The van der Waals surface area contributed by atoms with Gasteiger partial charge in [-0.25, -0.2) is 0 Å². The molecule has 3 nitrogen and oxygen atoms in total. The molecule has 2 N–H and O–H groups in total. The molecule has 0 aromatic carbocycles. The van der Waals surface area contributed by atoms with Gasteiger partial charge in [0.05, 0.1) is 16.2 Å². The quantitative estimate of drug-likeness (QED) is 0.890. The van der Waals surface area contributed by atoms with Gasteiger partial charge in [0.2, 0.25) is 5.91 Å². The molecule has 1 aromatic heterocycles. The molecule has 5 heteroatoms. The van der Waals surface area contributed by atoms with Crippen molar-refractivity contribution in [2.24, 2.45) is 5.92 Å². The second-order valence-electron chi connectivity index (χ2n) is 3.61. The zero-order valence-corrected chi connectivity index (χ0v) is 10.7. The highest BCUT2D eigenvalue weighted by molar-refractivity contribution is 9.11. The highest BCUT2D eigenvalue weighted by Crippen LogP contribution is 2.21. The Labute approximate surface area is 101 Å². The Hall–Kier alpha value is -0.390. The van der Waals surface area contributed by atoms with Crippen LogP contribution in [0, 0.1) is 5.92 Å². The molecule has 1 aliphatic rings. The van der Waals surface area contributed by atoms with Gasteiger partial charge < -0.3 is 10.6 Å². The van der Waals surface area contributed by atoms with E-state index in [4.69, 9.17) is 0 Å². The normalized spacial score (nSPS) is 20.5. The maximum absolute atomic E-state index is 11.7. The molecule has 0 bridgehead atoms. The van der Waals surface area contributed by atoms with E-state index in [0.29, 0.717) is 6.54 Å². The molecule has 1 amide bonds. The van der Waals surface area contributed by atoms with Crippen molar-refractivity contribution < 1.29 is 4.79 Å². The second kappa shape index (κ2) is 5.09. The summed E-state index contributed by atoms with van der Waals surface area (Å²) in [6.45, 7) is 2.42. The number of carbonyl (C=O) groups is 1. The predicted octanol–water partition coefficient (Wildman–Crippen LogP) is 1.74. The fraction of sp³-hybridized carbons (Fsp3) is 0.500. The number of thiophene rings is 1. The zero-order chi connectivity index (χ0) is 10.7. The van der Waals surface area contributed by atoms with Crippen LogP contribution in [0.4, 0.5) is 0 Å². The Kier molecular flexibility index (Phi) is 3.77. The Morgan fingerprint density at radius 3 is 3.13 bits per heavy atom. The first-order chi connectivity index (χ1) is 7.25. The zero-order valence-electron chi connectivity index (χ0n) is 8.25. The van der Waals surface area contributed by atoms with Gasteiger partial charge in [-0.1, -0.05) is 0 Å². The van der Waals surface area contributed by atoms with Gasteiger partial charge >= 0.3 is 0 Å². The van der Waals surface area contributed by atoms with E-state index in [1.807, 2.05) is 12.1 Å². The van der Waals surface area contributed by atoms with Crippen molar-refractivity contribution in [2.75, 3.05) is 13.1 Å². The first kappa shape index (κ1) is 11.1. The lowest BCUT2D eigenvalue weighted by Gasteiger charge is -2.08. The number of hydrogen-bond donors (Lipinski definition) is 2. The van der Waals surface area contributed by atoms with Crippen molar-refractivity contribution in [3.05, 3.63) is 20.8 Å². The molecule has 1 atom stereocenters. The molecular formula is C10H13BrN2OS. The van der Waals surface area contributed by atoms with E-state index < -0.39 is 0 Å². The molecule has 1 aliphatic heterocycles. The monoisotopic (exact) mass is 288 g/mol. The van der Waals surface area contributed by atoms with Crippen LogP contribution in [0.25, 0.3) is 0 Å². The Bertz CT molecular complexity index is 347. The summed E-state index contributed by atoms with van der Waals surface area (Å²) in [5.74, 6) is 0.331. The number of hydrogen-bond acceptors (Lipinski definition) is 3. The second-order valence-corrected chi connectivity index (χ2v) is 6.16. The van der Waals surface area contributed by atoms with Gasteiger partial charge in [-0.05, 0) is 41.0 Å². The topological polar surface area (TPSA) is 41.1 Å². The average molecular weight is 289 g/mol. The van der Waals surface area contributed by atoms with E-state index in [2.05, 4.69) is 26.6 Å². The van der Waals surface area contributed by atoms with Crippen molar-refractivity contribution in [1.29, 1.82) is 0 Å². The smallest absolute Gasteiger partial charge is 0.224 e. The van der Waals surface area contributed by atoms with Crippen LogP contribution in [-0.4, -0.2) is 19.0 Å². The largest absolute Gasteiger partial charge is 0.351 e. The third-order valence-electron chi connectivity index (χ3n) is 2.50. The average Bonchev–Trinajstić information content (AvgIpc) is 2.84. The number of amides is 1. The van der Waals surface area contributed by atoms with Crippen LogP contribution >= 0.6 is 27.3 Å². The van der Waals surface area contributed by atoms with Crippen LogP contribution < -0.4 is 10.6 Å². The fourth-order valence-corrected chi connectivity index (χ4v) is 3.07. The van der Waals surface area contributed by atoms with Crippen LogP contribution in [0.2, 0.25) is 0 Å². The molecule has 2 heterocycles. The highest BCUT2D eigenvalue weighted by atomic mass is 79.9. The highest BCUT2D eigenvalue weighted by Gasteiger charge is 2.21. The molecule has 0 aliphatic carbocycles. The summed E-state index contributed by atoms with van der Waals surface area (Å²) in [7, 11) is 0. The van der Waals surface area contributed by atoms with Crippen LogP contribution in [0.1, 0.15) is 11.3 Å². The molecule has 2 rings (SSSR count). The number of rotatable bonds is 3. The van der Waals surface area contributed by atoms with Gasteiger partial charge in [-0.3, -0.25) is 4.79 Å². The Balaban J connectivity index is 1.80. The van der Waals surface area contributed by atoms with E-state index in [0.717, 1.165) is 23.3 Å². The maximum Gasteiger partial charge on any atom is 0.224 e. The maximum atomic E-state index is 11.7. The third-order valence-corrected chi connectivity index (χ3v) is 4.12. The molecule has 0 unspecified atom stereocenters. The minimum atomic E-state index is 0.161. The van der Waals surface area contributed by atoms with E-state index in [1.54, 1.807) is 11.3 Å². The molecular weight excluding hydrogens is 276 g/mol. The SMILES string of the molecule is O=C(NCc1ccc(Br)s1)[C@@H]1CCNC1. The van der Waals surface area contributed by atoms with E-state index in [1.165, 1.54) is 4.88 Å². The van der Waals surface area contributed by atoms with E-state index in [9.17, 15) is 4.79 Å². The van der Waals surface area contributed by atoms with Gasteiger partial charge in [-0.2, -0.15) is 0 Å². The molecule has 1 aromatic rings. The van der Waals surface area contributed by atoms with Gasteiger partial charge in [-0.15, -0.1) is 11.3 Å². The summed E-state index contributed by atoms with van der Waals surface area (Å²) in [5.41, 5.74) is 0. The molecule has 0 radical (unpaired) electrons. The van der Waals surface area contributed by atoms with E-state index in [-0.39, 0.29) is 11.8 Å². The van der Waals surface area contributed by atoms with Gasteiger partial charge in [0.25, 0.3) is 0 Å². The first-order valence-corrected chi connectivity index (χ1v) is 6.59. The van der Waals surface area contributed by atoms with Gasteiger partial charge in [0, 0.05) is 11.4 Å². The van der Waals surface area contributed by atoms with Crippen molar-refractivity contribution >= 4 is 33.2 Å². The summed E-state index contributed by atoms with van der Waals surface area (Å²) < 4.78 is 1.11. The van der Waals surface area contributed by atoms with Crippen molar-refractivity contribution in [1.82, 2.24) is 10.6 Å². The van der Waals surface area contributed by atoms with Crippen LogP contribution in [0.3, 0.4) is 0 Å². The first-order valence-electron chi connectivity index (χ1n) is 4.98.